The van der Waals surface area contributed by atoms with Crippen molar-refractivity contribution in [3.8, 4) is 11.5 Å². The Kier molecular flexibility index (Phi) is 7.93. The van der Waals surface area contributed by atoms with E-state index in [1.165, 1.54) is 7.11 Å². The van der Waals surface area contributed by atoms with Gasteiger partial charge in [0.05, 0.1) is 18.4 Å². The highest BCUT2D eigenvalue weighted by atomic mass is 79.9. The molecule has 2 N–H and O–H groups in total. The fourth-order valence-electron chi connectivity index (χ4n) is 2.68. The number of hydrazone groups is 1. The van der Waals surface area contributed by atoms with Crippen molar-refractivity contribution < 1.29 is 23.9 Å². The third-order valence-electron chi connectivity index (χ3n) is 4.43. The van der Waals surface area contributed by atoms with Gasteiger partial charge in [-0.3, -0.25) is 9.59 Å². The quantitative estimate of drug-likeness (QED) is 0.170. The van der Waals surface area contributed by atoms with Crippen LogP contribution in [0.4, 0.5) is 5.69 Å². The van der Waals surface area contributed by atoms with E-state index in [4.69, 9.17) is 9.47 Å². The first-order valence-electron chi connectivity index (χ1n) is 9.74. The number of rotatable bonds is 6. The minimum atomic E-state index is -0.919. The first-order chi connectivity index (χ1) is 15.9. The van der Waals surface area contributed by atoms with Crippen molar-refractivity contribution in [3.63, 3.8) is 0 Å². The summed E-state index contributed by atoms with van der Waals surface area (Å²) in [6.07, 6.45) is 0. The van der Waals surface area contributed by atoms with E-state index < -0.39 is 17.8 Å². The Morgan fingerprint density at radius 2 is 1.55 bits per heavy atom. The van der Waals surface area contributed by atoms with Gasteiger partial charge in [-0.25, -0.2) is 10.2 Å². The zero-order chi connectivity index (χ0) is 23.8. The van der Waals surface area contributed by atoms with Crippen LogP contribution in [0.15, 0.2) is 82.4 Å². The number of esters is 1. The average Bonchev–Trinajstić information content (AvgIpc) is 2.84. The largest absolute Gasteiger partial charge is 0.493 e. The lowest BCUT2D eigenvalue weighted by Crippen LogP contribution is -2.32. The zero-order valence-electron chi connectivity index (χ0n) is 17.8. The van der Waals surface area contributed by atoms with Crippen LogP contribution in [0.3, 0.4) is 0 Å². The number of hydrogen-bond donors (Lipinski definition) is 2. The summed E-state index contributed by atoms with van der Waals surface area (Å²) < 4.78 is 11.6. The second-order valence-electron chi connectivity index (χ2n) is 6.72. The minimum Gasteiger partial charge on any atom is -0.493 e. The van der Waals surface area contributed by atoms with Crippen molar-refractivity contribution in [1.29, 1.82) is 0 Å². The summed E-state index contributed by atoms with van der Waals surface area (Å²) in [5, 5.41) is 6.45. The van der Waals surface area contributed by atoms with Crippen LogP contribution in [0.5, 0.6) is 11.5 Å². The molecule has 0 unspecified atom stereocenters. The molecule has 8 nitrogen and oxygen atoms in total. The molecule has 0 bridgehead atoms. The van der Waals surface area contributed by atoms with E-state index in [1.807, 2.05) is 0 Å². The van der Waals surface area contributed by atoms with Crippen LogP contribution < -0.4 is 20.2 Å². The van der Waals surface area contributed by atoms with E-state index in [9.17, 15) is 14.4 Å². The van der Waals surface area contributed by atoms with Crippen LogP contribution in [0, 0.1) is 0 Å². The summed E-state index contributed by atoms with van der Waals surface area (Å²) >= 11 is 3.30. The standard InChI is InChI=1S/C24H20BrN3O5/c1-15(27-28-23(30)22(29)26-19-11-9-18(25)10-12-19)17-8-13-20(21(14-17)32-2)33-24(31)16-6-4-3-5-7-16/h3-14H,1-2H3,(H,26,29)(H,28,30)/b27-15+. The second-order valence-corrected chi connectivity index (χ2v) is 7.64. The van der Waals surface area contributed by atoms with Crippen LogP contribution in [0.25, 0.3) is 0 Å². The van der Waals surface area contributed by atoms with E-state index in [-0.39, 0.29) is 5.75 Å². The molecule has 0 aliphatic carbocycles. The van der Waals surface area contributed by atoms with Crippen molar-refractivity contribution in [2.45, 2.75) is 6.92 Å². The number of anilines is 1. The molecule has 0 aliphatic heterocycles. The third-order valence-corrected chi connectivity index (χ3v) is 4.96. The van der Waals surface area contributed by atoms with Crippen LogP contribution in [-0.4, -0.2) is 30.6 Å². The molecule has 3 aromatic carbocycles. The van der Waals surface area contributed by atoms with Crippen molar-refractivity contribution in [2.75, 3.05) is 12.4 Å². The van der Waals surface area contributed by atoms with Gasteiger partial charge in [-0.15, -0.1) is 0 Å². The summed E-state index contributed by atoms with van der Waals surface area (Å²) in [5.41, 5.74) is 4.12. The molecule has 33 heavy (non-hydrogen) atoms. The lowest BCUT2D eigenvalue weighted by atomic mass is 10.1. The smallest absolute Gasteiger partial charge is 0.343 e. The van der Waals surface area contributed by atoms with E-state index in [1.54, 1.807) is 79.7 Å². The first-order valence-corrected chi connectivity index (χ1v) is 10.5. The van der Waals surface area contributed by atoms with Gasteiger partial charge in [-0.05, 0) is 61.5 Å². The topological polar surface area (TPSA) is 106 Å². The van der Waals surface area contributed by atoms with Crippen molar-refractivity contribution in [2.24, 2.45) is 5.10 Å². The summed E-state index contributed by atoms with van der Waals surface area (Å²) in [4.78, 5) is 36.4. The van der Waals surface area contributed by atoms with Gasteiger partial charge in [-0.2, -0.15) is 5.10 Å². The maximum Gasteiger partial charge on any atom is 0.343 e. The first kappa shape index (κ1) is 23.7. The van der Waals surface area contributed by atoms with Crippen molar-refractivity contribution in [1.82, 2.24) is 5.43 Å². The molecule has 168 valence electrons. The molecule has 0 radical (unpaired) electrons. The number of carbonyl (C=O) groups excluding carboxylic acids is 3. The molecule has 0 aromatic heterocycles. The number of carbonyl (C=O) groups is 3. The number of methoxy groups -OCH3 is 1. The molecule has 3 rings (SSSR count). The average molecular weight is 510 g/mol. The van der Waals surface area contributed by atoms with Gasteiger partial charge in [0, 0.05) is 15.7 Å². The molecule has 9 heteroatoms. The number of nitrogens with one attached hydrogen (secondary N) is 2. The SMILES string of the molecule is COc1cc(/C(C)=N/NC(=O)C(=O)Nc2ccc(Br)cc2)ccc1OC(=O)c1ccccc1. The predicted molar refractivity (Wildman–Crippen MR) is 128 cm³/mol. The van der Waals surface area contributed by atoms with Gasteiger partial charge in [0.1, 0.15) is 0 Å². The van der Waals surface area contributed by atoms with E-state index in [2.05, 4.69) is 31.8 Å². The fraction of sp³-hybridized carbons (Fsp3) is 0.0833. The van der Waals surface area contributed by atoms with Crippen LogP contribution in [-0.2, 0) is 9.59 Å². The maximum atomic E-state index is 12.3. The van der Waals surface area contributed by atoms with Crippen LogP contribution in [0.2, 0.25) is 0 Å². The number of ether oxygens (including phenoxy) is 2. The minimum absolute atomic E-state index is 0.237. The zero-order valence-corrected chi connectivity index (χ0v) is 19.4. The number of amides is 2. The van der Waals surface area contributed by atoms with Gasteiger partial charge in [0.2, 0.25) is 0 Å². The Balaban J connectivity index is 1.65. The molecule has 0 fully saturated rings. The molecule has 0 heterocycles. The summed E-state index contributed by atoms with van der Waals surface area (Å²) in [5.74, 6) is -1.74. The molecule has 0 saturated carbocycles. The second kappa shape index (κ2) is 11.1. The Morgan fingerprint density at radius 3 is 2.21 bits per heavy atom. The number of hydrogen-bond acceptors (Lipinski definition) is 6. The Morgan fingerprint density at radius 1 is 0.848 bits per heavy atom. The third kappa shape index (κ3) is 6.50. The van der Waals surface area contributed by atoms with Crippen molar-refractivity contribution in [3.05, 3.63) is 88.4 Å². The molecule has 0 saturated heterocycles. The highest BCUT2D eigenvalue weighted by molar-refractivity contribution is 9.10. The molecular weight excluding hydrogens is 490 g/mol. The van der Waals surface area contributed by atoms with Gasteiger partial charge in [0.15, 0.2) is 11.5 Å². The summed E-state index contributed by atoms with van der Waals surface area (Å²) in [6, 6.07) is 20.2. The van der Waals surface area contributed by atoms with E-state index in [0.29, 0.717) is 28.3 Å². The predicted octanol–water partition coefficient (Wildman–Crippen LogP) is 4.16. The van der Waals surface area contributed by atoms with Gasteiger partial charge >= 0.3 is 17.8 Å². The maximum absolute atomic E-state index is 12.3. The number of nitrogens with zero attached hydrogens (tertiary/aromatic N) is 1. The van der Waals surface area contributed by atoms with Gasteiger partial charge in [-0.1, -0.05) is 34.1 Å². The number of benzene rings is 3. The molecular formula is C24H20BrN3O5. The van der Waals surface area contributed by atoms with Gasteiger partial charge in [0.25, 0.3) is 0 Å². The highest BCUT2D eigenvalue weighted by Gasteiger charge is 2.15. The summed E-state index contributed by atoms with van der Waals surface area (Å²) in [6.45, 7) is 1.65. The molecule has 2 amide bonds. The lowest BCUT2D eigenvalue weighted by molar-refractivity contribution is -0.136. The molecule has 3 aromatic rings. The fourth-order valence-corrected chi connectivity index (χ4v) is 2.95. The van der Waals surface area contributed by atoms with E-state index >= 15 is 0 Å². The van der Waals surface area contributed by atoms with E-state index in [0.717, 1.165) is 4.47 Å². The molecule has 0 atom stereocenters. The van der Waals surface area contributed by atoms with Crippen LogP contribution >= 0.6 is 15.9 Å². The highest BCUT2D eigenvalue weighted by Crippen LogP contribution is 2.29. The Hall–Kier alpha value is -3.98. The number of halogens is 1. The Labute approximate surface area is 198 Å². The summed E-state index contributed by atoms with van der Waals surface area (Å²) in [7, 11) is 1.44. The molecule has 0 aliphatic rings. The monoisotopic (exact) mass is 509 g/mol. The van der Waals surface area contributed by atoms with Crippen LogP contribution in [0.1, 0.15) is 22.8 Å². The molecule has 0 spiro atoms. The lowest BCUT2D eigenvalue weighted by Gasteiger charge is -2.11. The van der Waals surface area contributed by atoms with Crippen molar-refractivity contribution >= 4 is 45.1 Å². The Bertz CT molecular complexity index is 1190. The normalized spacial score (nSPS) is 10.8. The van der Waals surface area contributed by atoms with Gasteiger partial charge < -0.3 is 14.8 Å².